The Kier molecular flexibility index (Phi) is 2.78. The second kappa shape index (κ2) is 3.64. The van der Waals surface area contributed by atoms with Crippen LogP contribution >= 0.6 is 12.6 Å². The Morgan fingerprint density at radius 3 is 2.40 bits per heavy atom. The Morgan fingerprint density at radius 1 is 1.30 bits per heavy atom. The van der Waals surface area contributed by atoms with E-state index in [1.165, 1.54) is 5.56 Å². The summed E-state index contributed by atoms with van der Waals surface area (Å²) >= 11 is 4.31. The molecule has 1 rings (SSSR count). The highest BCUT2D eigenvalue weighted by Gasteiger charge is 1.98. The van der Waals surface area contributed by atoms with Crippen LogP contribution in [0.5, 0.6) is 0 Å². The van der Waals surface area contributed by atoms with Crippen molar-refractivity contribution in [3.8, 4) is 0 Å². The van der Waals surface area contributed by atoms with Crippen molar-refractivity contribution < 1.29 is 0 Å². The molecular formula is C8H11NS. The Labute approximate surface area is 66.9 Å². The quantitative estimate of drug-likeness (QED) is 0.488. The molecule has 1 aromatic rings. The second-order valence-electron chi connectivity index (χ2n) is 2.10. The van der Waals surface area contributed by atoms with Crippen molar-refractivity contribution in [2.45, 2.75) is 5.37 Å². The SMILES string of the molecule is CNC(S)c1ccccc1. The first-order valence-corrected chi connectivity index (χ1v) is 3.76. The molecule has 0 aliphatic carbocycles. The number of rotatable bonds is 2. The molecule has 0 saturated carbocycles. The van der Waals surface area contributed by atoms with E-state index in [0.717, 1.165) is 0 Å². The van der Waals surface area contributed by atoms with E-state index in [-0.39, 0.29) is 5.37 Å². The van der Waals surface area contributed by atoms with Crippen molar-refractivity contribution in [3.05, 3.63) is 35.9 Å². The summed E-state index contributed by atoms with van der Waals surface area (Å²) in [4.78, 5) is 0. The normalized spacial score (nSPS) is 13.0. The van der Waals surface area contributed by atoms with Crippen LogP contribution in [0.25, 0.3) is 0 Å². The first kappa shape index (κ1) is 7.63. The minimum atomic E-state index is 0.154. The molecule has 1 N–H and O–H groups in total. The van der Waals surface area contributed by atoms with Crippen LogP contribution in [0, 0.1) is 0 Å². The van der Waals surface area contributed by atoms with E-state index in [1.54, 1.807) is 0 Å². The van der Waals surface area contributed by atoms with Gasteiger partial charge in [-0.2, -0.15) is 12.6 Å². The van der Waals surface area contributed by atoms with E-state index in [9.17, 15) is 0 Å². The third-order valence-corrected chi connectivity index (χ3v) is 1.95. The fraction of sp³-hybridized carbons (Fsp3) is 0.250. The van der Waals surface area contributed by atoms with Gasteiger partial charge >= 0.3 is 0 Å². The molecule has 0 bridgehead atoms. The average molecular weight is 153 g/mol. The molecule has 1 nitrogen and oxygen atoms in total. The van der Waals surface area contributed by atoms with E-state index in [1.807, 2.05) is 37.4 Å². The summed E-state index contributed by atoms with van der Waals surface area (Å²) < 4.78 is 0. The van der Waals surface area contributed by atoms with Crippen LogP contribution in [-0.4, -0.2) is 7.05 Å². The van der Waals surface area contributed by atoms with Crippen molar-refractivity contribution in [1.82, 2.24) is 5.32 Å². The van der Waals surface area contributed by atoms with Gasteiger partial charge in [0.25, 0.3) is 0 Å². The summed E-state index contributed by atoms with van der Waals surface area (Å²) in [6.07, 6.45) is 0. The fourth-order valence-electron chi connectivity index (χ4n) is 0.802. The molecule has 0 fully saturated rings. The van der Waals surface area contributed by atoms with Crippen LogP contribution < -0.4 is 5.32 Å². The zero-order chi connectivity index (χ0) is 7.40. The average Bonchev–Trinajstić information content (AvgIpc) is 2.05. The number of hydrogen-bond acceptors (Lipinski definition) is 2. The van der Waals surface area contributed by atoms with Gasteiger partial charge in [0.15, 0.2) is 0 Å². The molecule has 1 aromatic carbocycles. The lowest BCUT2D eigenvalue weighted by Gasteiger charge is -2.07. The minimum Gasteiger partial charge on any atom is -0.305 e. The molecule has 0 radical (unpaired) electrons. The Hall–Kier alpha value is -0.470. The van der Waals surface area contributed by atoms with Crippen LogP contribution in [0.2, 0.25) is 0 Å². The molecule has 54 valence electrons. The second-order valence-corrected chi connectivity index (χ2v) is 2.62. The summed E-state index contributed by atoms with van der Waals surface area (Å²) in [6, 6.07) is 10.1. The number of thiol groups is 1. The molecule has 10 heavy (non-hydrogen) atoms. The topological polar surface area (TPSA) is 12.0 Å². The molecule has 0 amide bonds. The zero-order valence-corrected chi connectivity index (χ0v) is 6.81. The van der Waals surface area contributed by atoms with E-state index < -0.39 is 0 Å². The largest absolute Gasteiger partial charge is 0.305 e. The number of hydrogen-bond donors (Lipinski definition) is 2. The lowest BCUT2D eigenvalue weighted by molar-refractivity contribution is 0.800. The van der Waals surface area contributed by atoms with Crippen molar-refractivity contribution in [3.63, 3.8) is 0 Å². The van der Waals surface area contributed by atoms with Crippen molar-refractivity contribution in [2.24, 2.45) is 0 Å². The monoisotopic (exact) mass is 153 g/mol. The van der Waals surface area contributed by atoms with Crippen LogP contribution in [0.15, 0.2) is 30.3 Å². The van der Waals surface area contributed by atoms with Gasteiger partial charge in [0.2, 0.25) is 0 Å². The van der Waals surface area contributed by atoms with Crippen LogP contribution in [0.3, 0.4) is 0 Å². The molecule has 0 heterocycles. The highest BCUT2D eigenvalue weighted by atomic mass is 32.1. The van der Waals surface area contributed by atoms with Crippen molar-refractivity contribution in [2.75, 3.05) is 7.05 Å². The van der Waals surface area contributed by atoms with Gasteiger partial charge in [-0.1, -0.05) is 30.3 Å². The van der Waals surface area contributed by atoms with Gasteiger partial charge in [-0.15, -0.1) is 0 Å². The van der Waals surface area contributed by atoms with Gasteiger partial charge in [0.05, 0.1) is 5.37 Å². The molecular weight excluding hydrogens is 142 g/mol. The summed E-state index contributed by atoms with van der Waals surface area (Å²) in [6.45, 7) is 0. The first-order valence-electron chi connectivity index (χ1n) is 3.25. The standard InChI is InChI=1S/C8H11NS/c1-9-8(10)7-5-3-2-4-6-7/h2-6,8-10H,1H3. The lowest BCUT2D eigenvalue weighted by atomic mass is 10.2. The summed E-state index contributed by atoms with van der Waals surface area (Å²) in [5.41, 5.74) is 1.20. The Bertz CT molecular complexity index is 186. The summed E-state index contributed by atoms with van der Waals surface area (Å²) in [7, 11) is 1.89. The van der Waals surface area contributed by atoms with Gasteiger partial charge in [0.1, 0.15) is 0 Å². The smallest absolute Gasteiger partial charge is 0.0757 e. The molecule has 0 aromatic heterocycles. The summed E-state index contributed by atoms with van der Waals surface area (Å²) in [5, 5.41) is 3.20. The summed E-state index contributed by atoms with van der Waals surface area (Å²) in [5.74, 6) is 0. The van der Waals surface area contributed by atoms with Crippen LogP contribution in [-0.2, 0) is 0 Å². The van der Waals surface area contributed by atoms with Gasteiger partial charge in [-0.3, -0.25) is 0 Å². The molecule has 0 aliphatic rings. The first-order chi connectivity index (χ1) is 4.84. The van der Waals surface area contributed by atoms with Gasteiger partial charge < -0.3 is 5.32 Å². The molecule has 0 spiro atoms. The van der Waals surface area contributed by atoms with E-state index >= 15 is 0 Å². The maximum atomic E-state index is 4.31. The Morgan fingerprint density at radius 2 is 1.90 bits per heavy atom. The van der Waals surface area contributed by atoms with Gasteiger partial charge in [-0.25, -0.2) is 0 Å². The minimum absolute atomic E-state index is 0.154. The van der Waals surface area contributed by atoms with E-state index in [2.05, 4.69) is 17.9 Å². The molecule has 1 atom stereocenters. The third-order valence-electron chi connectivity index (χ3n) is 1.39. The predicted molar refractivity (Wildman–Crippen MR) is 47.2 cm³/mol. The van der Waals surface area contributed by atoms with Crippen molar-refractivity contribution in [1.29, 1.82) is 0 Å². The fourth-order valence-corrected chi connectivity index (χ4v) is 0.974. The molecule has 0 saturated heterocycles. The lowest BCUT2D eigenvalue weighted by Crippen LogP contribution is -2.09. The number of nitrogens with one attached hydrogen (secondary N) is 1. The number of benzene rings is 1. The maximum absolute atomic E-state index is 4.31. The predicted octanol–water partition coefficient (Wildman–Crippen LogP) is 1.83. The molecule has 1 unspecified atom stereocenters. The van der Waals surface area contributed by atoms with Crippen LogP contribution in [0.1, 0.15) is 10.9 Å². The highest BCUT2D eigenvalue weighted by Crippen LogP contribution is 2.14. The molecule has 2 heteroatoms. The van der Waals surface area contributed by atoms with Gasteiger partial charge in [-0.05, 0) is 12.6 Å². The third kappa shape index (κ3) is 1.75. The maximum Gasteiger partial charge on any atom is 0.0757 e. The van der Waals surface area contributed by atoms with Crippen molar-refractivity contribution >= 4 is 12.6 Å². The highest BCUT2D eigenvalue weighted by molar-refractivity contribution is 7.80. The van der Waals surface area contributed by atoms with Crippen LogP contribution in [0.4, 0.5) is 0 Å². The zero-order valence-electron chi connectivity index (χ0n) is 5.91. The van der Waals surface area contributed by atoms with Gasteiger partial charge in [0, 0.05) is 0 Å². The molecule has 0 aliphatic heterocycles. The Balaban J connectivity index is 2.75. The van der Waals surface area contributed by atoms with E-state index in [4.69, 9.17) is 0 Å². The van der Waals surface area contributed by atoms with E-state index in [0.29, 0.717) is 0 Å².